The van der Waals surface area contributed by atoms with E-state index in [4.69, 9.17) is 23.1 Å². The van der Waals surface area contributed by atoms with Crippen LogP contribution in [0.2, 0.25) is 5.02 Å². The fourth-order valence-electron chi connectivity index (χ4n) is 4.63. The Labute approximate surface area is 178 Å². The standard InChI is InChI=1S/C21H23ClFN5O2/c1-28(2)20(30)14-13(24)4-3-11(17(14)23)12-8-26-19-15(16(12)22)21(9-27-19)6-5-10(7-21)18(25)29/h3-4,8,10H,5-7,9,24H2,1-2H3,(H2,25,29)(H,26,27)/t10-,21+/m0/s1. The summed E-state index contributed by atoms with van der Waals surface area (Å²) in [6.45, 7) is 0.594. The number of anilines is 2. The molecule has 5 N–H and O–H groups in total. The van der Waals surface area contributed by atoms with Crippen LogP contribution in [0.3, 0.4) is 0 Å². The Hall–Kier alpha value is -2.87. The van der Waals surface area contributed by atoms with Crippen molar-refractivity contribution in [3.8, 4) is 11.1 Å². The minimum absolute atomic E-state index is 0.0541. The van der Waals surface area contributed by atoms with Gasteiger partial charge >= 0.3 is 0 Å². The number of hydrogen-bond acceptors (Lipinski definition) is 5. The van der Waals surface area contributed by atoms with E-state index in [9.17, 15) is 9.59 Å². The van der Waals surface area contributed by atoms with Gasteiger partial charge in [0.15, 0.2) is 0 Å². The molecule has 2 aliphatic rings. The predicted molar refractivity (Wildman–Crippen MR) is 114 cm³/mol. The summed E-state index contributed by atoms with van der Waals surface area (Å²) in [5, 5.41) is 3.62. The van der Waals surface area contributed by atoms with Gasteiger partial charge in [-0.25, -0.2) is 9.37 Å². The van der Waals surface area contributed by atoms with Gasteiger partial charge in [-0.15, -0.1) is 0 Å². The van der Waals surface area contributed by atoms with E-state index < -0.39 is 11.7 Å². The molecule has 158 valence electrons. The number of hydrogen-bond donors (Lipinski definition) is 3. The number of primary amides is 1. The van der Waals surface area contributed by atoms with Crippen molar-refractivity contribution in [1.82, 2.24) is 9.88 Å². The molecule has 0 radical (unpaired) electrons. The van der Waals surface area contributed by atoms with Crippen molar-refractivity contribution in [3.05, 3.63) is 40.3 Å². The number of aromatic nitrogens is 1. The Morgan fingerprint density at radius 1 is 1.33 bits per heavy atom. The number of nitrogens with zero attached hydrogens (tertiary/aromatic N) is 2. The van der Waals surface area contributed by atoms with Gasteiger partial charge in [0, 0.05) is 60.5 Å². The van der Waals surface area contributed by atoms with Crippen LogP contribution in [0.1, 0.15) is 35.2 Å². The number of carbonyl (C=O) groups excluding carboxylic acids is 2. The maximum atomic E-state index is 15.4. The van der Waals surface area contributed by atoms with E-state index in [1.165, 1.54) is 37.3 Å². The highest BCUT2D eigenvalue weighted by molar-refractivity contribution is 6.34. The topological polar surface area (TPSA) is 114 Å². The summed E-state index contributed by atoms with van der Waals surface area (Å²) >= 11 is 6.80. The van der Waals surface area contributed by atoms with Crippen LogP contribution >= 0.6 is 11.6 Å². The zero-order valence-electron chi connectivity index (χ0n) is 16.8. The Kier molecular flexibility index (Phi) is 4.85. The van der Waals surface area contributed by atoms with Gasteiger partial charge in [-0.05, 0) is 31.4 Å². The zero-order valence-corrected chi connectivity index (χ0v) is 17.5. The molecule has 0 unspecified atom stereocenters. The van der Waals surface area contributed by atoms with E-state index in [-0.39, 0.29) is 34.1 Å². The molecule has 1 spiro atoms. The number of rotatable bonds is 3. The third kappa shape index (κ3) is 2.98. The number of nitrogen functional groups attached to an aromatic ring is 1. The summed E-state index contributed by atoms with van der Waals surface area (Å²) in [4.78, 5) is 29.9. The van der Waals surface area contributed by atoms with Crippen LogP contribution in [-0.4, -0.2) is 42.3 Å². The highest BCUT2D eigenvalue weighted by atomic mass is 35.5. The molecule has 30 heavy (non-hydrogen) atoms. The number of nitrogens with two attached hydrogens (primary N) is 2. The van der Waals surface area contributed by atoms with Gasteiger partial charge in [-0.1, -0.05) is 11.6 Å². The summed E-state index contributed by atoms with van der Waals surface area (Å²) in [5.74, 6) is -1.18. The lowest BCUT2D eigenvalue weighted by Gasteiger charge is -2.25. The van der Waals surface area contributed by atoms with Crippen molar-refractivity contribution in [2.45, 2.75) is 24.7 Å². The third-order valence-corrected chi connectivity index (χ3v) is 6.63. The first kappa shape index (κ1) is 20.4. The molecule has 2 aromatic rings. The number of amides is 2. The molecule has 1 fully saturated rings. The van der Waals surface area contributed by atoms with Crippen molar-refractivity contribution in [2.24, 2.45) is 11.7 Å². The van der Waals surface area contributed by atoms with Crippen LogP contribution in [-0.2, 0) is 10.2 Å². The van der Waals surface area contributed by atoms with Gasteiger partial charge in [0.1, 0.15) is 11.6 Å². The van der Waals surface area contributed by atoms with Gasteiger partial charge in [-0.2, -0.15) is 0 Å². The number of pyridine rings is 1. The monoisotopic (exact) mass is 431 g/mol. The molecule has 1 aliphatic heterocycles. The summed E-state index contributed by atoms with van der Waals surface area (Å²) in [6.07, 6.45) is 3.47. The van der Waals surface area contributed by atoms with Crippen molar-refractivity contribution in [3.63, 3.8) is 0 Å². The van der Waals surface area contributed by atoms with Gasteiger partial charge in [-0.3, -0.25) is 9.59 Å². The van der Waals surface area contributed by atoms with E-state index in [1.54, 1.807) is 0 Å². The number of carbonyl (C=O) groups is 2. The fraction of sp³-hybridized carbons (Fsp3) is 0.381. The molecule has 1 aromatic carbocycles. The van der Waals surface area contributed by atoms with Crippen LogP contribution in [0.4, 0.5) is 15.9 Å². The molecule has 0 saturated heterocycles. The number of halogens is 2. The Balaban J connectivity index is 1.85. The van der Waals surface area contributed by atoms with Crippen LogP contribution < -0.4 is 16.8 Å². The lowest BCUT2D eigenvalue weighted by Crippen LogP contribution is -2.28. The van der Waals surface area contributed by atoms with Crippen molar-refractivity contribution < 1.29 is 14.0 Å². The van der Waals surface area contributed by atoms with Gasteiger partial charge in [0.25, 0.3) is 5.91 Å². The van der Waals surface area contributed by atoms with Crippen LogP contribution in [0.5, 0.6) is 0 Å². The first-order valence-electron chi connectivity index (χ1n) is 9.68. The molecule has 2 heterocycles. The van der Waals surface area contributed by atoms with Crippen LogP contribution in [0.25, 0.3) is 11.1 Å². The second kappa shape index (κ2) is 7.12. The lowest BCUT2D eigenvalue weighted by atomic mass is 9.79. The molecule has 1 saturated carbocycles. The molecule has 4 rings (SSSR count). The predicted octanol–water partition coefficient (Wildman–Crippen LogP) is 2.77. The number of nitrogens with one attached hydrogen (secondary N) is 1. The minimum Gasteiger partial charge on any atom is -0.398 e. The summed E-state index contributed by atoms with van der Waals surface area (Å²) < 4.78 is 15.4. The fourth-order valence-corrected chi connectivity index (χ4v) is 5.07. The quantitative estimate of drug-likeness (QED) is 0.646. The highest BCUT2D eigenvalue weighted by Crippen LogP contribution is 2.53. The normalized spacial score (nSPS) is 22.1. The smallest absolute Gasteiger partial charge is 0.258 e. The Morgan fingerprint density at radius 3 is 2.70 bits per heavy atom. The van der Waals surface area contributed by atoms with Gasteiger partial charge in [0.2, 0.25) is 5.91 Å². The van der Waals surface area contributed by atoms with Crippen LogP contribution in [0, 0.1) is 11.7 Å². The van der Waals surface area contributed by atoms with Gasteiger partial charge < -0.3 is 21.7 Å². The first-order chi connectivity index (χ1) is 14.2. The molecule has 2 atom stereocenters. The largest absolute Gasteiger partial charge is 0.398 e. The maximum Gasteiger partial charge on any atom is 0.258 e. The van der Waals surface area contributed by atoms with Crippen molar-refractivity contribution >= 4 is 34.9 Å². The molecular formula is C21H23ClFN5O2. The molecule has 9 heteroatoms. The molecule has 1 aromatic heterocycles. The average Bonchev–Trinajstić information content (AvgIpc) is 3.28. The first-order valence-corrected chi connectivity index (χ1v) is 10.1. The molecule has 7 nitrogen and oxygen atoms in total. The number of fused-ring (bicyclic) bond motifs is 2. The maximum absolute atomic E-state index is 15.4. The Morgan fingerprint density at radius 2 is 2.07 bits per heavy atom. The molecule has 0 bridgehead atoms. The summed E-state index contributed by atoms with van der Waals surface area (Å²) in [5.41, 5.74) is 12.2. The second-order valence-electron chi connectivity index (χ2n) is 8.28. The highest BCUT2D eigenvalue weighted by Gasteiger charge is 2.48. The lowest BCUT2D eigenvalue weighted by molar-refractivity contribution is -0.121. The third-order valence-electron chi connectivity index (χ3n) is 6.24. The van der Waals surface area contributed by atoms with Crippen molar-refractivity contribution in [2.75, 3.05) is 31.7 Å². The summed E-state index contributed by atoms with van der Waals surface area (Å²) in [7, 11) is 3.06. The SMILES string of the molecule is CN(C)C(=O)c1c(N)ccc(-c2cnc3c(c2Cl)[C@@]2(CC[C@H](C(N)=O)C2)CN3)c1F. The minimum atomic E-state index is -0.737. The second-order valence-corrected chi connectivity index (χ2v) is 8.65. The van der Waals surface area contributed by atoms with E-state index >= 15 is 4.39 Å². The zero-order chi connectivity index (χ0) is 21.8. The molecular weight excluding hydrogens is 409 g/mol. The van der Waals surface area contributed by atoms with E-state index in [1.807, 2.05) is 0 Å². The van der Waals surface area contributed by atoms with Gasteiger partial charge in [0.05, 0.1) is 10.6 Å². The van der Waals surface area contributed by atoms with E-state index in [0.29, 0.717) is 35.8 Å². The number of benzene rings is 1. The van der Waals surface area contributed by atoms with E-state index in [0.717, 1.165) is 12.0 Å². The Bertz CT molecular complexity index is 1070. The molecule has 2 amide bonds. The summed E-state index contributed by atoms with van der Waals surface area (Å²) in [6, 6.07) is 2.99. The van der Waals surface area contributed by atoms with E-state index in [2.05, 4.69) is 10.3 Å². The molecule has 1 aliphatic carbocycles. The average molecular weight is 432 g/mol. The van der Waals surface area contributed by atoms with Crippen molar-refractivity contribution in [1.29, 1.82) is 0 Å². The van der Waals surface area contributed by atoms with Crippen LogP contribution in [0.15, 0.2) is 18.3 Å².